The lowest BCUT2D eigenvalue weighted by molar-refractivity contribution is -0.242. The number of carbonyl (C=O) groups is 1. The molecule has 2 aliphatic heterocycles. The van der Waals surface area contributed by atoms with Crippen molar-refractivity contribution in [2.45, 2.75) is 207 Å². The molecule has 5 aliphatic carbocycles. The highest BCUT2D eigenvalue weighted by molar-refractivity contribution is 6.73. The summed E-state index contributed by atoms with van der Waals surface area (Å²) in [6.45, 7) is 25.6. The van der Waals surface area contributed by atoms with E-state index in [4.69, 9.17) is 23.4 Å². The molecule has 7 rings (SSSR count). The molecule has 2 spiro atoms. The van der Waals surface area contributed by atoms with Crippen molar-refractivity contribution in [3.05, 3.63) is 0 Å². The lowest BCUT2D eigenvalue weighted by atomic mass is 9.41. The maximum Gasteiger partial charge on any atom is 0.303 e. The summed E-state index contributed by atoms with van der Waals surface area (Å²) in [6, 6.07) is 3.34. The van der Waals surface area contributed by atoms with Crippen molar-refractivity contribution in [3.8, 4) is 0 Å². The summed E-state index contributed by atoms with van der Waals surface area (Å²) in [4.78, 5) is 12.4. The highest BCUT2D eigenvalue weighted by Crippen LogP contribution is 2.89. The van der Waals surface area contributed by atoms with Crippen molar-refractivity contribution in [1.29, 1.82) is 0 Å². The van der Waals surface area contributed by atoms with Crippen LogP contribution >= 0.6 is 0 Å². The fourth-order valence-corrected chi connectivity index (χ4v) is 18.0. The molecule has 51 heavy (non-hydrogen) atoms. The maximum absolute atomic E-state index is 12.4. The largest absolute Gasteiger partial charge is 0.457 e. The van der Waals surface area contributed by atoms with Gasteiger partial charge in [-0.25, -0.2) is 0 Å². The summed E-state index contributed by atoms with van der Waals surface area (Å²) >= 11 is 0. The highest BCUT2D eigenvalue weighted by atomic mass is 28.4. The van der Waals surface area contributed by atoms with Crippen LogP contribution in [-0.2, 0) is 28.2 Å². The van der Waals surface area contributed by atoms with Gasteiger partial charge in [0.05, 0.1) is 30.0 Å². The third-order valence-electron chi connectivity index (χ3n) is 17.8. The number of hydrogen-bond donors (Lipinski definition) is 1. The van der Waals surface area contributed by atoms with Gasteiger partial charge in [-0.05, 0) is 148 Å². The molecule has 8 heteroatoms. The summed E-state index contributed by atoms with van der Waals surface area (Å²) in [7, 11) is -2.05. The molecule has 2 heterocycles. The van der Waals surface area contributed by atoms with Crippen LogP contribution in [-0.4, -0.2) is 68.4 Å². The molecular weight excluding hydrogens is 657 g/mol. The summed E-state index contributed by atoms with van der Waals surface area (Å²) < 4.78 is 34.1. The molecule has 14 atom stereocenters. The van der Waals surface area contributed by atoms with E-state index in [1.54, 1.807) is 13.8 Å². The quantitative estimate of drug-likeness (QED) is 0.136. The second kappa shape index (κ2) is 13.0. The predicted octanol–water partition coefficient (Wildman–Crippen LogP) is 9.44. The van der Waals surface area contributed by atoms with Gasteiger partial charge < -0.3 is 28.5 Å². The molecule has 0 aromatic heterocycles. The summed E-state index contributed by atoms with van der Waals surface area (Å²) in [5, 5.41) is 11.3. The molecule has 1 unspecified atom stereocenters. The highest BCUT2D eigenvalue weighted by Gasteiger charge is 2.85. The SMILES string of the molecule is CC[Si](CC)(CC)O[C@H]1[C@H]2O[C@@H]([C@H](OC(C)=O)C(C)(C)O)C[C@@H](C)[C@@H]2[C@@]2(C)CCC34C[C@@]35CC[C@H](O[C@H]3CCCCO3)C(C)(C)[C@@H]5CC[C@H]4[C@]12C. The minimum atomic E-state index is -2.05. The number of carbonyl (C=O) groups excluding carboxylic acids is 1. The van der Waals surface area contributed by atoms with E-state index in [0.717, 1.165) is 50.4 Å². The zero-order valence-electron chi connectivity index (χ0n) is 34.3. The van der Waals surface area contributed by atoms with Crippen LogP contribution < -0.4 is 0 Å². The fraction of sp³-hybridized carbons (Fsp3) is 0.977. The Morgan fingerprint density at radius 1 is 0.941 bits per heavy atom. The first-order valence-electron chi connectivity index (χ1n) is 21.4. The van der Waals surface area contributed by atoms with Gasteiger partial charge in [-0.15, -0.1) is 0 Å². The first-order valence-corrected chi connectivity index (χ1v) is 23.9. The molecule has 0 aromatic carbocycles. The molecule has 0 aromatic rings. The van der Waals surface area contributed by atoms with E-state index in [2.05, 4.69) is 55.4 Å². The van der Waals surface area contributed by atoms with E-state index in [1.165, 1.54) is 51.9 Å². The van der Waals surface area contributed by atoms with Crippen LogP contribution in [0.5, 0.6) is 0 Å². The average molecular weight is 731 g/mol. The minimum absolute atomic E-state index is 0.00319. The third kappa shape index (κ3) is 5.57. The zero-order valence-corrected chi connectivity index (χ0v) is 35.3. The molecule has 7 aliphatic rings. The summed E-state index contributed by atoms with van der Waals surface area (Å²) in [6.07, 6.45) is 12.1. The van der Waals surface area contributed by atoms with Crippen molar-refractivity contribution in [2.24, 2.45) is 50.7 Å². The number of ether oxygens (including phenoxy) is 4. The van der Waals surface area contributed by atoms with Crippen molar-refractivity contribution in [3.63, 3.8) is 0 Å². The van der Waals surface area contributed by atoms with Gasteiger partial charge in [0.15, 0.2) is 20.7 Å². The van der Waals surface area contributed by atoms with Crippen LogP contribution in [0.15, 0.2) is 0 Å². The molecular formula is C43H74O7Si. The van der Waals surface area contributed by atoms with Gasteiger partial charge >= 0.3 is 5.97 Å². The molecule has 2 saturated heterocycles. The average Bonchev–Trinajstić information content (AvgIpc) is 3.70. The Bertz CT molecular complexity index is 1300. The molecule has 292 valence electrons. The molecule has 7 nitrogen and oxygen atoms in total. The van der Waals surface area contributed by atoms with Crippen molar-refractivity contribution in [2.75, 3.05) is 6.61 Å². The smallest absolute Gasteiger partial charge is 0.303 e. The zero-order chi connectivity index (χ0) is 37.0. The van der Waals surface area contributed by atoms with E-state index >= 15 is 0 Å². The van der Waals surface area contributed by atoms with Crippen LogP contribution in [0.3, 0.4) is 0 Å². The van der Waals surface area contributed by atoms with Gasteiger partial charge in [-0.2, -0.15) is 0 Å². The Morgan fingerprint density at radius 3 is 2.22 bits per heavy atom. The molecule has 0 amide bonds. The Kier molecular flexibility index (Phi) is 9.90. The number of esters is 1. The second-order valence-electron chi connectivity index (χ2n) is 20.5. The Morgan fingerprint density at radius 2 is 1.61 bits per heavy atom. The van der Waals surface area contributed by atoms with Gasteiger partial charge in [0.2, 0.25) is 0 Å². The Labute approximate surface area is 311 Å². The molecule has 7 fully saturated rings. The van der Waals surface area contributed by atoms with E-state index in [9.17, 15) is 9.90 Å². The Hall–Kier alpha value is -0.513. The third-order valence-corrected chi connectivity index (χ3v) is 22.4. The molecule has 5 saturated carbocycles. The van der Waals surface area contributed by atoms with Gasteiger partial charge in [0, 0.05) is 18.9 Å². The summed E-state index contributed by atoms with van der Waals surface area (Å²) in [5.74, 6) is 1.62. The minimum Gasteiger partial charge on any atom is -0.457 e. The van der Waals surface area contributed by atoms with Crippen molar-refractivity contribution < 1.29 is 33.3 Å². The lowest BCUT2D eigenvalue weighted by Gasteiger charge is -2.64. The van der Waals surface area contributed by atoms with Crippen LogP contribution in [0.25, 0.3) is 0 Å². The van der Waals surface area contributed by atoms with Crippen LogP contribution in [0, 0.1) is 50.7 Å². The number of fused-ring (bicyclic) bond motifs is 4. The molecule has 1 N–H and O–H groups in total. The van der Waals surface area contributed by atoms with Crippen LogP contribution in [0.2, 0.25) is 18.1 Å². The van der Waals surface area contributed by atoms with E-state index < -0.39 is 20.0 Å². The van der Waals surface area contributed by atoms with Gasteiger partial charge in [-0.3, -0.25) is 4.79 Å². The van der Waals surface area contributed by atoms with Gasteiger partial charge in [0.1, 0.15) is 0 Å². The number of hydrogen-bond acceptors (Lipinski definition) is 7. The first kappa shape index (κ1) is 38.7. The first-order chi connectivity index (χ1) is 23.9. The van der Waals surface area contributed by atoms with Gasteiger partial charge in [0.25, 0.3) is 0 Å². The lowest BCUT2D eigenvalue weighted by Crippen LogP contribution is -2.61. The van der Waals surface area contributed by atoms with Crippen molar-refractivity contribution in [1.82, 2.24) is 0 Å². The molecule has 0 radical (unpaired) electrons. The van der Waals surface area contributed by atoms with E-state index in [1.807, 2.05) is 0 Å². The standard InChI is InChI=1S/C43H74O7Si/c1-12-51(13-2,14-3)50-37-35-34(27(4)25-29(48-35)36(39(8,9)45)47-28(5)44)40(10)22-23-43-26-42(43)21-20-32(49-33-17-15-16-24-46-33)38(6,7)30(42)18-19-31(43)41(37,40)11/h27,29-37,45H,12-26H2,1-11H3/t27-,29-,30+,31+,32+,33+,34+,35+,36+,37+,40-,41-,42-,43?/m1/s1. The topological polar surface area (TPSA) is 83.5 Å². The number of aliphatic hydroxyl groups is 1. The van der Waals surface area contributed by atoms with Crippen LogP contribution in [0.1, 0.15) is 147 Å². The summed E-state index contributed by atoms with van der Waals surface area (Å²) in [5.41, 5.74) is -0.302. The normalized spacial score (nSPS) is 48.0. The van der Waals surface area contributed by atoms with E-state index in [-0.39, 0.29) is 52.9 Å². The second-order valence-corrected chi connectivity index (χ2v) is 25.2. The van der Waals surface area contributed by atoms with Crippen LogP contribution in [0.4, 0.5) is 0 Å². The molecule has 0 bridgehead atoms. The van der Waals surface area contributed by atoms with Gasteiger partial charge in [-0.1, -0.05) is 55.4 Å². The van der Waals surface area contributed by atoms with Crippen molar-refractivity contribution >= 4 is 14.3 Å². The Balaban J connectivity index is 1.25. The number of rotatable bonds is 10. The predicted molar refractivity (Wildman–Crippen MR) is 202 cm³/mol. The fourth-order valence-electron chi connectivity index (χ4n) is 15.0. The van der Waals surface area contributed by atoms with E-state index in [0.29, 0.717) is 34.5 Å². The maximum atomic E-state index is 12.4. The monoisotopic (exact) mass is 731 g/mol.